The highest BCUT2D eigenvalue weighted by Gasteiger charge is 2.30. The van der Waals surface area contributed by atoms with Crippen LogP contribution in [0.1, 0.15) is 18.1 Å². The van der Waals surface area contributed by atoms with E-state index in [2.05, 4.69) is 15.9 Å². The number of methoxy groups -OCH3 is 1. The van der Waals surface area contributed by atoms with Crippen LogP contribution in [0.4, 0.5) is 0 Å². The first-order valence-corrected chi connectivity index (χ1v) is 10.8. The normalized spacial score (nSPS) is 15.4. The van der Waals surface area contributed by atoms with Crippen LogP contribution < -0.4 is 9.47 Å². The van der Waals surface area contributed by atoms with Crippen LogP contribution in [0, 0.1) is 0 Å². The summed E-state index contributed by atoms with van der Waals surface area (Å²) in [5, 5.41) is 0.681. The third kappa shape index (κ3) is 4.71. The summed E-state index contributed by atoms with van der Waals surface area (Å²) >= 11 is 16.0. The van der Waals surface area contributed by atoms with Crippen LogP contribution in [-0.2, 0) is 11.4 Å². The van der Waals surface area contributed by atoms with Crippen LogP contribution in [0.2, 0.25) is 5.02 Å². The first-order chi connectivity index (χ1) is 13.4. The van der Waals surface area contributed by atoms with E-state index in [-0.39, 0.29) is 5.91 Å². The molecule has 0 unspecified atom stereocenters. The molecule has 1 saturated heterocycles. The third-order valence-corrected chi connectivity index (χ3v) is 6.25. The number of hydrogen-bond donors (Lipinski definition) is 0. The van der Waals surface area contributed by atoms with E-state index in [9.17, 15) is 4.79 Å². The largest absolute Gasteiger partial charge is 0.493 e. The van der Waals surface area contributed by atoms with E-state index in [1.54, 1.807) is 12.0 Å². The second-order valence-corrected chi connectivity index (χ2v) is 8.84. The predicted octanol–water partition coefficient (Wildman–Crippen LogP) is 5.91. The standard InChI is InChI=1S/C20H17BrClNO3S2/c1-3-23-19(24)17(28-20(23)27)10-13-8-15(21)18(16(9-13)25-2)26-11-12-4-6-14(22)7-5-12/h4-10H,3,11H2,1-2H3/b17-10-. The highest BCUT2D eigenvalue weighted by Crippen LogP contribution is 2.39. The number of likely N-dealkylation sites (N-methyl/N-ethyl adjacent to an activating group) is 1. The van der Waals surface area contributed by atoms with Crippen molar-refractivity contribution in [2.45, 2.75) is 13.5 Å². The van der Waals surface area contributed by atoms with Crippen molar-refractivity contribution >= 4 is 67.8 Å². The first kappa shape index (κ1) is 21.2. The van der Waals surface area contributed by atoms with Gasteiger partial charge in [-0.25, -0.2) is 0 Å². The van der Waals surface area contributed by atoms with Crippen LogP contribution >= 0.6 is 51.5 Å². The molecule has 2 aromatic rings. The molecule has 4 nitrogen and oxygen atoms in total. The van der Waals surface area contributed by atoms with Crippen molar-refractivity contribution in [1.82, 2.24) is 4.90 Å². The molecule has 0 bridgehead atoms. The van der Waals surface area contributed by atoms with Crippen molar-refractivity contribution in [3.8, 4) is 11.5 Å². The minimum Gasteiger partial charge on any atom is -0.493 e. The molecule has 0 saturated carbocycles. The molecule has 1 aliphatic rings. The van der Waals surface area contributed by atoms with Gasteiger partial charge < -0.3 is 9.47 Å². The van der Waals surface area contributed by atoms with Crippen molar-refractivity contribution in [3.05, 3.63) is 61.9 Å². The lowest BCUT2D eigenvalue weighted by Crippen LogP contribution is -2.27. The first-order valence-electron chi connectivity index (χ1n) is 8.43. The van der Waals surface area contributed by atoms with Gasteiger partial charge in [0.2, 0.25) is 0 Å². The van der Waals surface area contributed by atoms with Gasteiger partial charge in [0, 0.05) is 11.6 Å². The number of rotatable bonds is 6. The van der Waals surface area contributed by atoms with E-state index in [1.165, 1.54) is 11.8 Å². The van der Waals surface area contributed by atoms with Crippen molar-refractivity contribution in [3.63, 3.8) is 0 Å². The zero-order valence-electron chi connectivity index (χ0n) is 15.2. The predicted molar refractivity (Wildman–Crippen MR) is 122 cm³/mol. The quantitative estimate of drug-likeness (QED) is 0.366. The molecule has 1 amide bonds. The molecule has 3 rings (SSSR count). The number of ether oxygens (including phenoxy) is 2. The fourth-order valence-electron chi connectivity index (χ4n) is 2.62. The van der Waals surface area contributed by atoms with Gasteiger partial charge in [-0.3, -0.25) is 9.69 Å². The minimum atomic E-state index is -0.0735. The van der Waals surface area contributed by atoms with Gasteiger partial charge in [-0.2, -0.15) is 0 Å². The molecular formula is C20H17BrClNO3S2. The average molecular weight is 499 g/mol. The summed E-state index contributed by atoms with van der Waals surface area (Å²) in [6, 6.07) is 11.2. The highest BCUT2D eigenvalue weighted by atomic mass is 79.9. The fourth-order valence-corrected chi connectivity index (χ4v) is 4.71. The number of amides is 1. The smallest absolute Gasteiger partial charge is 0.266 e. The van der Waals surface area contributed by atoms with Gasteiger partial charge in [-0.15, -0.1) is 0 Å². The Labute approximate surface area is 187 Å². The molecule has 1 heterocycles. The molecular weight excluding hydrogens is 482 g/mol. The second kappa shape index (κ2) is 9.31. The SMILES string of the molecule is CCN1C(=O)/C(=C/c2cc(Br)c(OCc3ccc(Cl)cc3)c(OC)c2)SC1=S. The van der Waals surface area contributed by atoms with Gasteiger partial charge in [-0.05, 0) is 64.3 Å². The van der Waals surface area contributed by atoms with Gasteiger partial charge in [0.25, 0.3) is 5.91 Å². The molecule has 2 aromatic carbocycles. The highest BCUT2D eigenvalue weighted by molar-refractivity contribution is 9.10. The summed E-state index contributed by atoms with van der Waals surface area (Å²) < 4.78 is 12.8. The molecule has 0 aromatic heterocycles. The maximum atomic E-state index is 12.4. The molecule has 1 aliphatic heterocycles. The fraction of sp³-hybridized carbons (Fsp3) is 0.200. The summed E-state index contributed by atoms with van der Waals surface area (Å²) in [5.74, 6) is 1.09. The van der Waals surface area contributed by atoms with Gasteiger partial charge in [0.05, 0.1) is 16.5 Å². The molecule has 28 heavy (non-hydrogen) atoms. The Bertz CT molecular complexity index is 947. The van der Waals surface area contributed by atoms with E-state index in [0.29, 0.717) is 38.9 Å². The summed E-state index contributed by atoms with van der Waals surface area (Å²) in [6.07, 6.45) is 1.81. The second-order valence-electron chi connectivity index (χ2n) is 5.88. The number of thioether (sulfide) groups is 1. The zero-order valence-corrected chi connectivity index (χ0v) is 19.2. The van der Waals surface area contributed by atoms with E-state index < -0.39 is 0 Å². The van der Waals surface area contributed by atoms with Crippen molar-refractivity contribution in [2.75, 3.05) is 13.7 Å². The lowest BCUT2D eigenvalue weighted by atomic mass is 10.1. The average Bonchev–Trinajstić information content (AvgIpc) is 2.94. The number of benzene rings is 2. The Morgan fingerprint density at radius 3 is 2.61 bits per heavy atom. The number of hydrogen-bond acceptors (Lipinski definition) is 5. The molecule has 146 valence electrons. The Kier molecular flexibility index (Phi) is 7.04. The van der Waals surface area contributed by atoms with Crippen LogP contribution in [0.15, 0.2) is 45.8 Å². The number of carbonyl (C=O) groups is 1. The molecule has 0 N–H and O–H groups in total. The van der Waals surface area contributed by atoms with E-state index in [1.807, 2.05) is 49.4 Å². The van der Waals surface area contributed by atoms with Crippen LogP contribution in [-0.4, -0.2) is 28.8 Å². The van der Waals surface area contributed by atoms with E-state index in [4.69, 9.17) is 33.3 Å². The van der Waals surface area contributed by atoms with Crippen molar-refractivity contribution < 1.29 is 14.3 Å². The topological polar surface area (TPSA) is 38.8 Å². The molecule has 1 fully saturated rings. The lowest BCUT2D eigenvalue weighted by molar-refractivity contribution is -0.121. The Morgan fingerprint density at radius 1 is 1.29 bits per heavy atom. The molecule has 0 atom stereocenters. The maximum absolute atomic E-state index is 12.4. The van der Waals surface area contributed by atoms with Crippen LogP contribution in [0.3, 0.4) is 0 Å². The molecule has 0 aliphatic carbocycles. The van der Waals surface area contributed by atoms with Gasteiger partial charge in [0.15, 0.2) is 11.5 Å². The number of thiocarbonyl (C=S) groups is 1. The monoisotopic (exact) mass is 497 g/mol. The molecule has 0 radical (unpaired) electrons. The Hall–Kier alpha value is -1.54. The third-order valence-electron chi connectivity index (χ3n) is 4.04. The number of halogens is 2. The molecule has 0 spiro atoms. The van der Waals surface area contributed by atoms with E-state index in [0.717, 1.165) is 15.6 Å². The zero-order chi connectivity index (χ0) is 20.3. The minimum absolute atomic E-state index is 0.0735. The van der Waals surface area contributed by atoms with Crippen molar-refractivity contribution in [2.24, 2.45) is 0 Å². The summed E-state index contributed by atoms with van der Waals surface area (Å²) in [7, 11) is 1.58. The summed E-state index contributed by atoms with van der Waals surface area (Å²) in [5.41, 5.74) is 1.81. The van der Waals surface area contributed by atoms with Gasteiger partial charge >= 0.3 is 0 Å². The van der Waals surface area contributed by atoms with E-state index >= 15 is 0 Å². The van der Waals surface area contributed by atoms with Gasteiger partial charge in [-0.1, -0.05) is 47.7 Å². The Balaban J connectivity index is 1.83. The van der Waals surface area contributed by atoms with Crippen molar-refractivity contribution in [1.29, 1.82) is 0 Å². The number of carbonyl (C=O) groups excluding carboxylic acids is 1. The van der Waals surface area contributed by atoms with Gasteiger partial charge in [0.1, 0.15) is 10.9 Å². The lowest BCUT2D eigenvalue weighted by Gasteiger charge is -2.14. The summed E-state index contributed by atoms with van der Waals surface area (Å²) in [4.78, 5) is 14.6. The molecule has 8 heteroatoms. The maximum Gasteiger partial charge on any atom is 0.266 e. The van der Waals surface area contributed by atoms with Crippen LogP contribution in [0.5, 0.6) is 11.5 Å². The van der Waals surface area contributed by atoms with Crippen LogP contribution in [0.25, 0.3) is 6.08 Å². The summed E-state index contributed by atoms with van der Waals surface area (Å²) in [6.45, 7) is 2.84. The Morgan fingerprint density at radius 2 is 2.00 bits per heavy atom. The number of nitrogens with zero attached hydrogens (tertiary/aromatic N) is 1.